The second-order valence-corrected chi connectivity index (χ2v) is 3.84. The van der Waals surface area contributed by atoms with Gasteiger partial charge in [-0.05, 0) is 32.9 Å². The highest BCUT2D eigenvalue weighted by atomic mass is 16.5. The van der Waals surface area contributed by atoms with Gasteiger partial charge in [-0.25, -0.2) is 0 Å². The Morgan fingerprint density at radius 2 is 2.06 bits per heavy atom. The van der Waals surface area contributed by atoms with Gasteiger partial charge in [0.1, 0.15) is 12.4 Å². The normalized spacial score (nSPS) is 10.4. The number of amides is 1. The zero-order valence-electron chi connectivity index (χ0n) is 10.5. The van der Waals surface area contributed by atoms with Gasteiger partial charge in [0.05, 0.1) is 18.4 Å². The Hall–Kier alpha value is -1.55. The van der Waals surface area contributed by atoms with Gasteiger partial charge in [-0.2, -0.15) is 0 Å². The first-order chi connectivity index (χ1) is 8.13. The van der Waals surface area contributed by atoms with Crippen molar-refractivity contribution in [1.82, 2.24) is 0 Å². The lowest BCUT2D eigenvalue weighted by molar-refractivity contribution is -0.121. The topological polar surface area (TPSA) is 47.6 Å². The van der Waals surface area contributed by atoms with Gasteiger partial charge in [-0.3, -0.25) is 4.79 Å². The molecule has 0 atom stereocenters. The van der Waals surface area contributed by atoms with Gasteiger partial charge in [0, 0.05) is 0 Å². The predicted octanol–water partition coefficient (Wildman–Crippen LogP) is 2.45. The molecule has 0 heterocycles. The summed E-state index contributed by atoms with van der Waals surface area (Å²) in [7, 11) is 0. The summed E-state index contributed by atoms with van der Waals surface area (Å²) in [5.41, 5.74) is 0.673. The van der Waals surface area contributed by atoms with Crippen LogP contribution < -0.4 is 10.1 Å². The van der Waals surface area contributed by atoms with Crippen molar-refractivity contribution < 1.29 is 14.3 Å². The van der Waals surface area contributed by atoms with E-state index in [0.717, 1.165) is 0 Å². The summed E-state index contributed by atoms with van der Waals surface area (Å²) in [5, 5.41) is 2.76. The van der Waals surface area contributed by atoms with Gasteiger partial charge in [0.25, 0.3) is 0 Å². The van der Waals surface area contributed by atoms with Crippen molar-refractivity contribution in [3.05, 3.63) is 24.3 Å². The SMILES string of the molecule is CCOc1ccccc1NC(=O)COC(C)C. The Bertz CT molecular complexity index is 363. The summed E-state index contributed by atoms with van der Waals surface area (Å²) >= 11 is 0. The average molecular weight is 237 g/mol. The van der Waals surface area contributed by atoms with Crippen LogP contribution in [0.2, 0.25) is 0 Å². The Morgan fingerprint density at radius 1 is 1.35 bits per heavy atom. The number of para-hydroxylation sites is 2. The second-order valence-electron chi connectivity index (χ2n) is 3.84. The average Bonchev–Trinajstić information content (AvgIpc) is 2.29. The highest BCUT2D eigenvalue weighted by Gasteiger charge is 2.07. The molecule has 0 aliphatic carbocycles. The van der Waals surface area contributed by atoms with Gasteiger partial charge >= 0.3 is 0 Å². The minimum atomic E-state index is -0.175. The monoisotopic (exact) mass is 237 g/mol. The number of hydrogen-bond acceptors (Lipinski definition) is 3. The molecular formula is C13H19NO3. The van der Waals surface area contributed by atoms with Crippen molar-refractivity contribution >= 4 is 11.6 Å². The molecule has 0 aliphatic rings. The van der Waals surface area contributed by atoms with Crippen LogP contribution in [0, 0.1) is 0 Å². The van der Waals surface area contributed by atoms with E-state index >= 15 is 0 Å². The van der Waals surface area contributed by atoms with Gasteiger partial charge in [0.2, 0.25) is 5.91 Å². The molecule has 0 spiro atoms. The molecule has 0 bridgehead atoms. The third kappa shape index (κ3) is 4.87. The molecule has 0 unspecified atom stereocenters. The van der Waals surface area contributed by atoms with Crippen molar-refractivity contribution in [1.29, 1.82) is 0 Å². The lowest BCUT2D eigenvalue weighted by Crippen LogP contribution is -2.21. The van der Waals surface area contributed by atoms with E-state index in [-0.39, 0.29) is 18.6 Å². The maximum absolute atomic E-state index is 11.6. The van der Waals surface area contributed by atoms with Crippen LogP contribution in [0.4, 0.5) is 5.69 Å². The summed E-state index contributed by atoms with van der Waals surface area (Å²) in [6.45, 7) is 6.30. The second kappa shape index (κ2) is 6.91. The highest BCUT2D eigenvalue weighted by Crippen LogP contribution is 2.23. The quantitative estimate of drug-likeness (QED) is 0.826. The maximum Gasteiger partial charge on any atom is 0.250 e. The molecule has 1 rings (SSSR count). The standard InChI is InChI=1S/C13H19NO3/c1-4-16-12-8-6-5-7-11(12)14-13(15)9-17-10(2)3/h5-8,10H,4,9H2,1-3H3,(H,14,15). The van der Waals surface area contributed by atoms with Gasteiger partial charge < -0.3 is 14.8 Å². The van der Waals surface area contributed by atoms with E-state index in [1.807, 2.05) is 39.0 Å². The molecule has 0 saturated carbocycles. The molecule has 0 saturated heterocycles. The van der Waals surface area contributed by atoms with E-state index in [1.54, 1.807) is 6.07 Å². The molecule has 4 nitrogen and oxygen atoms in total. The number of benzene rings is 1. The number of hydrogen-bond donors (Lipinski definition) is 1. The lowest BCUT2D eigenvalue weighted by Gasteiger charge is -2.12. The number of ether oxygens (including phenoxy) is 2. The number of carbonyl (C=O) groups excluding carboxylic acids is 1. The highest BCUT2D eigenvalue weighted by molar-refractivity contribution is 5.93. The van der Waals surface area contributed by atoms with E-state index in [9.17, 15) is 4.79 Å². The third-order valence-corrected chi connectivity index (χ3v) is 2.01. The minimum Gasteiger partial charge on any atom is -0.492 e. The molecule has 0 aromatic heterocycles. The van der Waals surface area contributed by atoms with Crippen LogP contribution in [-0.2, 0) is 9.53 Å². The fraction of sp³-hybridized carbons (Fsp3) is 0.462. The third-order valence-electron chi connectivity index (χ3n) is 2.01. The lowest BCUT2D eigenvalue weighted by atomic mass is 10.3. The predicted molar refractivity (Wildman–Crippen MR) is 67.3 cm³/mol. The Morgan fingerprint density at radius 3 is 2.71 bits per heavy atom. The summed E-state index contributed by atoms with van der Waals surface area (Å²) in [5.74, 6) is 0.499. The summed E-state index contributed by atoms with van der Waals surface area (Å²) < 4.78 is 10.6. The van der Waals surface area contributed by atoms with Gasteiger partial charge in [-0.1, -0.05) is 12.1 Å². The molecule has 0 radical (unpaired) electrons. The van der Waals surface area contributed by atoms with Crippen LogP contribution in [0.1, 0.15) is 20.8 Å². The van der Waals surface area contributed by atoms with Crippen molar-refractivity contribution in [2.75, 3.05) is 18.5 Å². The van der Waals surface area contributed by atoms with Crippen LogP contribution in [0.3, 0.4) is 0 Å². The van der Waals surface area contributed by atoms with Crippen LogP contribution in [0.25, 0.3) is 0 Å². The van der Waals surface area contributed by atoms with E-state index in [4.69, 9.17) is 9.47 Å². The van der Waals surface area contributed by atoms with E-state index in [1.165, 1.54) is 0 Å². The fourth-order valence-electron chi connectivity index (χ4n) is 1.28. The zero-order chi connectivity index (χ0) is 12.7. The minimum absolute atomic E-state index is 0.0443. The summed E-state index contributed by atoms with van der Waals surface area (Å²) in [4.78, 5) is 11.6. The Kier molecular flexibility index (Phi) is 5.49. The van der Waals surface area contributed by atoms with E-state index in [0.29, 0.717) is 18.0 Å². The molecule has 0 fully saturated rings. The number of carbonyl (C=O) groups is 1. The van der Waals surface area contributed by atoms with E-state index < -0.39 is 0 Å². The zero-order valence-corrected chi connectivity index (χ0v) is 10.5. The smallest absolute Gasteiger partial charge is 0.250 e. The first-order valence-electron chi connectivity index (χ1n) is 5.76. The van der Waals surface area contributed by atoms with Crippen LogP contribution >= 0.6 is 0 Å². The van der Waals surface area contributed by atoms with Crippen molar-refractivity contribution in [2.45, 2.75) is 26.9 Å². The molecule has 1 aromatic carbocycles. The molecule has 17 heavy (non-hydrogen) atoms. The number of anilines is 1. The van der Waals surface area contributed by atoms with Crippen LogP contribution in [-0.4, -0.2) is 25.2 Å². The van der Waals surface area contributed by atoms with Gasteiger partial charge in [0.15, 0.2) is 0 Å². The van der Waals surface area contributed by atoms with Crippen molar-refractivity contribution in [2.24, 2.45) is 0 Å². The largest absolute Gasteiger partial charge is 0.492 e. The Balaban J connectivity index is 2.58. The van der Waals surface area contributed by atoms with Crippen LogP contribution in [0.5, 0.6) is 5.75 Å². The van der Waals surface area contributed by atoms with Gasteiger partial charge in [-0.15, -0.1) is 0 Å². The first-order valence-corrected chi connectivity index (χ1v) is 5.76. The molecule has 1 amide bonds. The number of nitrogens with one attached hydrogen (secondary N) is 1. The summed E-state index contributed by atoms with van der Waals surface area (Å²) in [6.07, 6.45) is 0.0443. The fourth-order valence-corrected chi connectivity index (χ4v) is 1.28. The molecule has 1 N–H and O–H groups in total. The molecular weight excluding hydrogens is 218 g/mol. The first kappa shape index (κ1) is 13.5. The van der Waals surface area contributed by atoms with Crippen molar-refractivity contribution in [3.8, 4) is 5.75 Å². The molecule has 1 aromatic rings. The van der Waals surface area contributed by atoms with E-state index in [2.05, 4.69) is 5.32 Å². The molecule has 0 aliphatic heterocycles. The molecule has 4 heteroatoms. The van der Waals surface area contributed by atoms with Crippen LogP contribution in [0.15, 0.2) is 24.3 Å². The maximum atomic E-state index is 11.6. The Labute approximate surface area is 102 Å². The number of rotatable bonds is 6. The van der Waals surface area contributed by atoms with Crippen molar-refractivity contribution in [3.63, 3.8) is 0 Å². The summed E-state index contributed by atoms with van der Waals surface area (Å²) in [6, 6.07) is 7.34. The molecule has 94 valence electrons.